The van der Waals surface area contributed by atoms with E-state index in [-0.39, 0.29) is 30.4 Å². The van der Waals surface area contributed by atoms with E-state index in [1.54, 1.807) is 41.3 Å². The minimum Gasteiger partial charge on any atom is -0.376 e. The Morgan fingerprint density at radius 1 is 0.935 bits per heavy atom. The molecule has 8 heteroatoms. The smallest absolute Gasteiger partial charge is 0.243 e. The van der Waals surface area contributed by atoms with E-state index in [0.717, 1.165) is 16.5 Å². The molecule has 0 unspecified atom stereocenters. The first-order valence-electron chi connectivity index (χ1n) is 9.98. The lowest BCUT2D eigenvalue weighted by atomic mass is 10.1. The maximum atomic E-state index is 13.1. The standard InChI is InChI=1S/C23H22N4O3S/c24-16-18-5-8-21(9-6-18)25-17-23(28)26-11-13-27(14-12-26)31(29,30)22-10-7-19-3-1-2-4-20(19)15-22/h1-10,15,25H,11-14,17H2. The molecule has 1 N–H and O–H groups in total. The molecule has 0 aliphatic carbocycles. The third kappa shape index (κ3) is 4.53. The Bertz CT molecular complexity index is 1240. The lowest BCUT2D eigenvalue weighted by Crippen LogP contribution is -2.51. The summed E-state index contributed by atoms with van der Waals surface area (Å²) < 4.78 is 27.6. The number of nitrogens with zero attached hydrogens (tertiary/aromatic N) is 3. The van der Waals surface area contributed by atoms with E-state index < -0.39 is 10.0 Å². The van der Waals surface area contributed by atoms with Gasteiger partial charge in [-0.3, -0.25) is 4.79 Å². The number of nitrogens with one attached hydrogen (secondary N) is 1. The summed E-state index contributed by atoms with van der Waals surface area (Å²) in [6, 6.07) is 21.7. The zero-order valence-corrected chi connectivity index (χ0v) is 17.7. The lowest BCUT2D eigenvalue weighted by molar-refractivity contribution is -0.130. The molecule has 7 nitrogen and oxygen atoms in total. The van der Waals surface area contributed by atoms with Crippen molar-refractivity contribution in [2.75, 3.05) is 38.0 Å². The number of carbonyl (C=O) groups excluding carboxylic acids is 1. The highest BCUT2D eigenvalue weighted by Gasteiger charge is 2.30. The first kappa shape index (κ1) is 20.8. The number of carbonyl (C=O) groups is 1. The highest BCUT2D eigenvalue weighted by molar-refractivity contribution is 7.89. The molecule has 3 aromatic carbocycles. The summed E-state index contributed by atoms with van der Waals surface area (Å²) in [5.74, 6) is -0.0906. The molecule has 1 aliphatic heterocycles. The van der Waals surface area contributed by atoms with Gasteiger partial charge in [0.15, 0.2) is 0 Å². The summed E-state index contributed by atoms with van der Waals surface area (Å²) in [5.41, 5.74) is 1.31. The Labute approximate surface area is 181 Å². The SMILES string of the molecule is N#Cc1ccc(NCC(=O)N2CCN(S(=O)(=O)c3ccc4ccccc4c3)CC2)cc1. The predicted molar refractivity (Wildman–Crippen MR) is 119 cm³/mol. The number of nitriles is 1. The van der Waals surface area contributed by atoms with Crippen molar-refractivity contribution < 1.29 is 13.2 Å². The summed E-state index contributed by atoms with van der Waals surface area (Å²) >= 11 is 0. The highest BCUT2D eigenvalue weighted by atomic mass is 32.2. The van der Waals surface area contributed by atoms with E-state index in [0.29, 0.717) is 18.7 Å². The number of hydrogen-bond acceptors (Lipinski definition) is 5. The molecule has 1 amide bonds. The zero-order valence-electron chi connectivity index (χ0n) is 16.9. The first-order chi connectivity index (χ1) is 15.0. The second-order valence-electron chi connectivity index (χ2n) is 7.34. The minimum absolute atomic E-state index is 0.0906. The second-order valence-corrected chi connectivity index (χ2v) is 9.27. The fourth-order valence-corrected chi connectivity index (χ4v) is 5.06. The number of sulfonamides is 1. The minimum atomic E-state index is -3.61. The van der Waals surface area contributed by atoms with Crippen LogP contribution in [0.3, 0.4) is 0 Å². The zero-order chi connectivity index (χ0) is 21.8. The Morgan fingerprint density at radius 2 is 1.61 bits per heavy atom. The molecule has 0 radical (unpaired) electrons. The third-order valence-electron chi connectivity index (χ3n) is 5.41. The molecule has 31 heavy (non-hydrogen) atoms. The molecule has 1 aliphatic rings. The van der Waals surface area contributed by atoms with Gasteiger partial charge in [0, 0.05) is 31.9 Å². The van der Waals surface area contributed by atoms with Crippen molar-refractivity contribution >= 4 is 32.4 Å². The summed E-state index contributed by atoms with van der Waals surface area (Å²) in [7, 11) is -3.61. The molecule has 1 saturated heterocycles. The number of hydrogen-bond donors (Lipinski definition) is 1. The van der Waals surface area contributed by atoms with Crippen LogP contribution in [0.15, 0.2) is 71.6 Å². The fraction of sp³-hybridized carbons (Fsp3) is 0.217. The molecule has 0 bridgehead atoms. The normalized spacial score (nSPS) is 14.9. The number of fused-ring (bicyclic) bond motifs is 1. The number of benzene rings is 3. The molecule has 3 aromatic rings. The predicted octanol–water partition coefficient (Wildman–Crippen LogP) is 2.66. The number of piperazine rings is 1. The van der Waals surface area contributed by atoms with Gasteiger partial charge < -0.3 is 10.2 Å². The van der Waals surface area contributed by atoms with Crippen LogP contribution in [0, 0.1) is 11.3 Å². The van der Waals surface area contributed by atoms with Crippen molar-refractivity contribution in [3.63, 3.8) is 0 Å². The van der Waals surface area contributed by atoms with Crippen LogP contribution in [0.1, 0.15) is 5.56 Å². The van der Waals surface area contributed by atoms with Crippen LogP contribution in [0.4, 0.5) is 5.69 Å². The molecular formula is C23H22N4O3S. The number of rotatable bonds is 5. The van der Waals surface area contributed by atoms with E-state index in [1.165, 1.54) is 4.31 Å². The van der Waals surface area contributed by atoms with Gasteiger partial charge in [0.25, 0.3) is 0 Å². The van der Waals surface area contributed by atoms with Crippen LogP contribution in [-0.2, 0) is 14.8 Å². The van der Waals surface area contributed by atoms with Crippen LogP contribution in [-0.4, -0.2) is 56.3 Å². The van der Waals surface area contributed by atoms with Crippen molar-refractivity contribution in [3.05, 3.63) is 72.3 Å². The Hall–Kier alpha value is -3.41. The largest absolute Gasteiger partial charge is 0.376 e. The van der Waals surface area contributed by atoms with Crippen molar-refractivity contribution in [1.29, 1.82) is 5.26 Å². The molecule has 0 aromatic heterocycles. The van der Waals surface area contributed by atoms with Crippen LogP contribution >= 0.6 is 0 Å². The van der Waals surface area contributed by atoms with Crippen LogP contribution < -0.4 is 5.32 Å². The Morgan fingerprint density at radius 3 is 2.29 bits per heavy atom. The summed E-state index contributed by atoms with van der Waals surface area (Å²) in [6.45, 7) is 1.33. The van der Waals surface area contributed by atoms with Gasteiger partial charge in [-0.05, 0) is 47.2 Å². The van der Waals surface area contributed by atoms with Gasteiger partial charge in [0.05, 0.1) is 23.1 Å². The Kier molecular flexibility index (Phi) is 5.89. The first-order valence-corrected chi connectivity index (χ1v) is 11.4. The van der Waals surface area contributed by atoms with Crippen LogP contribution in [0.2, 0.25) is 0 Å². The van der Waals surface area contributed by atoms with Crippen LogP contribution in [0.25, 0.3) is 10.8 Å². The molecular weight excluding hydrogens is 412 g/mol. The van der Waals surface area contributed by atoms with E-state index in [4.69, 9.17) is 5.26 Å². The highest BCUT2D eigenvalue weighted by Crippen LogP contribution is 2.23. The quantitative estimate of drug-likeness (QED) is 0.666. The maximum absolute atomic E-state index is 13.1. The van der Waals surface area contributed by atoms with Gasteiger partial charge in [-0.25, -0.2) is 8.42 Å². The molecule has 0 atom stereocenters. The van der Waals surface area contributed by atoms with Gasteiger partial charge in [0.1, 0.15) is 0 Å². The molecule has 158 valence electrons. The van der Waals surface area contributed by atoms with E-state index in [2.05, 4.69) is 11.4 Å². The average Bonchev–Trinajstić information content (AvgIpc) is 2.82. The molecule has 0 spiro atoms. The van der Waals surface area contributed by atoms with Gasteiger partial charge in [0.2, 0.25) is 15.9 Å². The van der Waals surface area contributed by atoms with Crippen LogP contribution in [0.5, 0.6) is 0 Å². The van der Waals surface area contributed by atoms with E-state index >= 15 is 0 Å². The molecule has 1 heterocycles. The maximum Gasteiger partial charge on any atom is 0.243 e. The van der Waals surface area contributed by atoms with Crippen molar-refractivity contribution in [2.45, 2.75) is 4.90 Å². The topological polar surface area (TPSA) is 93.5 Å². The van der Waals surface area contributed by atoms with Gasteiger partial charge >= 0.3 is 0 Å². The summed E-state index contributed by atoms with van der Waals surface area (Å²) in [5, 5.41) is 13.8. The third-order valence-corrected chi connectivity index (χ3v) is 7.30. The molecule has 0 saturated carbocycles. The molecule has 1 fully saturated rings. The molecule has 4 rings (SSSR count). The van der Waals surface area contributed by atoms with E-state index in [1.807, 2.05) is 30.3 Å². The monoisotopic (exact) mass is 434 g/mol. The Balaban J connectivity index is 1.35. The van der Waals surface area contributed by atoms with Crippen molar-refractivity contribution in [1.82, 2.24) is 9.21 Å². The summed E-state index contributed by atoms with van der Waals surface area (Å²) in [6.07, 6.45) is 0. The average molecular weight is 435 g/mol. The van der Waals surface area contributed by atoms with E-state index in [9.17, 15) is 13.2 Å². The van der Waals surface area contributed by atoms with Gasteiger partial charge in [-0.15, -0.1) is 0 Å². The van der Waals surface area contributed by atoms with Gasteiger partial charge in [-0.1, -0.05) is 30.3 Å². The van der Waals surface area contributed by atoms with Gasteiger partial charge in [-0.2, -0.15) is 9.57 Å². The van der Waals surface area contributed by atoms with Crippen molar-refractivity contribution in [3.8, 4) is 6.07 Å². The summed E-state index contributed by atoms with van der Waals surface area (Å²) in [4.78, 5) is 14.5. The second kappa shape index (κ2) is 8.76. The number of amides is 1. The number of anilines is 1. The van der Waals surface area contributed by atoms with Crippen molar-refractivity contribution in [2.24, 2.45) is 0 Å². The fourth-order valence-electron chi connectivity index (χ4n) is 3.61. The lowest BCUT2D eigenvalue weighted by Gasteiger charge is -2.34.